The van der Waals surface area contributed by atoms with Crippen molar-refractivity contribution in [2.75, 3.05) is 19.0 Å². The van der Waals surface area contributed by atoms with Crippen LogP contribution >= 0.6 is 11.6 Å². The Morgan fingerprint density at radius 1 is 1.41 bits per heavy atom. The Labute approximate surface area is 108 Å². The standard InChI is InChI=1S/C12H20ClN3O/c1-9(2)5-4-6-14-11-7-10(13)15-12(16-11)8-17-3/h7,9H,4-6,8H2,1-3H3,(H,14,15,16). The topological polar surface area (TPSA) is 47.0 Å². The highest BCUT2D eigenvalue weighted by atomic mass is 35.5. The van der Waals surface area contributed by atoms with E-state index in [9.17, 15) is 0 Å². The second-order valence-corrected chi connectivity index (χ2v) is 4.78. The maximum atomic E-state index is 5.90. The summed E-state index contributed by atoms with van der Waals surface area (Å²) in [6.45, 7) is 5.72. The van der Waals surface area contributed by atoms with Crippen LogP contribution in [0, 0.1) is 5.92 Å². The van der Waals surface area contributed by atoms with Crippen LogP contribution in [0.4, 0.5) is 5.82 Å². The van der Waals surface area contributed by atoms with Crippen LogP contribution < -0.4 is 5.32 Å². The highest BCUT2D eigenvalue weighted by Gasteiger charge is 2.02. The largest absolute Gasteiger partial charge is 0.377 e. The van der Waals surface area contributed by atoms with Gasteiger partial charge in [-0.25, -0.2) is 9.97 Å². The van der Waals surface area contributed by atoms with Crippen molar-refractivity contribution in [1.29, 1.82) is 0 Å². The predicted molar refractivity (Wildman–Crippen MR) is 70.3 cm³/mol. The first-order chi connectivity index (χ1) is 8.11. The second kappa shape index (κ2) is 7.45. The summed E-state index contributed by atoms with van der Waals surface area (Å²) in [4.78, 5) is 8.38. The maximum Gasteiger partial charge on any atom is 0.158 e. The molecule has 0 fully saturated rings. The highest BCUT2D eigenvalue weighted by molar-refractivity contribution is 6.29. The van der Waals surface area contributed by atoms with Gasteiger partial charge in [0.25, 0.3) is 0 Å². The van der Waals surface area contributed by atoms with Crippen LogP contribution in [0.2, 0.25) is 5.15 Å². The van der Waals surface area contributed by atoms with Crippen LogP contribution in [0.1, 0.15) is 32.5 Å². The molecule has 0 unspecified atom stereocenters. The lowest BCUT2D eigenvalue weighted by atomic mass is 10.1. The van der Waals surface area contributed by atoms with Gasteiger partial charge in [-0.05, 0) is 18.8 Å². The molecular formula is C12H20ClN3O. The maximum absolute atomic E-state index is 5.90. The van der Waals surface area contributed by atoms with E-state index in [1.165, 1.54) is 6.42 Å². The van der Waals surface area contributed by atoms with Crippen LogP contribution in [0.25, 0.3) is 0 Å². The van der Waals surface area contributed by atoms with Gasteiger partial charge in [0.1, 0.15) is 17.6 Å². The van der Waals surface area contributed by atoms with Gasteiger partial charge in [-0.3, -0.25) is 0 Å². The molecule has 1 N–H and O–H groups in total. The molecule has 0 bridgehead atoms. The molecule has 0 aliphatic heterocycles. The molecule has 0 saturated heterocycles. The average molecular weight is 258 g/mol. The number of halogens is 1. The summed E-state index contributed by atoms with van der Waals surface area (Å²) in [6, 6.07) is 1.73. The van der Waals surface area contributed by atoms with Gasteiger partial charge in [0.15, 0.2) is 5.82 Å². The van der Waals surface area contributed by atoms with Crippen molar-refractivity contribution < 1.29 is 4.74 Å². The van der Waals surface area contributed by atoms with Gasteiger partial charge in [0.2, 0.25) is 0 Å². The lowest BCUT2D eigenvalue weighted by molar-refractivity contribution is 0.178. The van der Waals surface area contributed by atoms with Gasteiger partial charge < -0.3 is 10.1 Å². The molecule has 1 aromatic heterocycles. The van der Waals surface area contributed by atoms with Crippen molar-refractivity contribution in [2.45, 2.75) is 33.3 Å². The quantitative estimate of drug-likeness (QED) is 0.602. The molecule has 96 valence electrons. The molecule has 1 heterocycles. The van der Waals surface area contributed by atoms with E-state index >= 15 is 0 Å². The first kappa shape index (κ1) is 14.2. The van der Waals surface area contributed by atoms with E-state index in [0.717, 1.165) is 24.7 Å². The first-order valence-electron chi connectivity index (χ1n) is 5.88. The molecule has 17 heavy (non-hydrogen) atoms. The SMILES string of the molecule is COCc1nc(Cl)cc(NCCCC(C)C)n1. The Hall–Kier alpha value is -0.870. The van der Waals surface area contributed by atoms with Crippen molar-refractivity contribution in [3.05, 3.63) is 17.0 Å². The number of anilines is 1. The fraction of sp³-hybridized carbons (Fsp3) is 0.667. The number of rotatable bonds is 7. The molecule has 0 aliphatic carbocycles. The Balaban J connectivity index is 2.46. The Bertz CT molecular complexity index is 345. The van der Waals surface area contributed by atoms with E-state index in [1.807, 2.05) is 0 Å². The second-order valence-electron chi connectivity index (χ2n) is 4.39. The van der Waals surface area contributed by atoms with Crippen molar-refractivity contribution >= 4 is 17.4 Å². The minimum atomic E-state index is 0.376. The third-order valence-electron chi connectivity index (χ3n) is 2.28. The van der Waals surface area contributed by atoms with Gasteiger partial charge in [-0.2, -0.15) is 0 Å². The van der Waals surface area contributed by atoms with Gasteiger partial charge in [0.05, 0.1) is 0 Å². The van der Waals surface area contributed by atoms with Crippen molar-refractivity contribution in [1.82, 2.24) is 9.97 Å². The van der Waals surface area contributed by atoms with E-state index in [1.54, 1.807) is 13.2 Å². The number of nitrogens with zero attached hydrogens (tertiary/aromatic N) is 2. The molecule has 0 radical (unpaired) electrons. The summed E-state index contributed by atoms with van der Waals surface area (Å²) in [7, 11) is 1.61. The van der Waals surface area contributed by atoms with Crippen LogP contribution in [0.5, 0.6) is 0 Å². The van der Waals surface area contributed by atoms with E-state index in [4.69, 9.17) is 16.3 Å². The van der Waals surface area contributed by atoms with Crippen molar-refractivity contribution in [3.8, 4) is 0 Å². The van der Waals surface area contributed by atoms with E-state index < -0.39 is 0 Å². The lowest BCUT2D eigenvalue weighted by Gasteiger charge is -2.08. The molecule has 0 saturated carbocycles. The van der Waals surface area contributed by atoms with Crippen LogP contribution in [-0.4, -0.2) is 23.6 Å². The van der Waals surface area contributed by atoms with Crippen molar-refractivity contribution in [2.24, 2.45) is 5.92 Å². The molecule has 5 heteroatoms. The zero-order chi connectivity index (χ0) is 12.7. The normalized spacial score (nSPS) is 10.9. The molecule has 1 rings (SSSR count). The van der Waals surface area contributed by atoms with E-state index in [2.05, 4.69) is 29.1 Å². The third kappa shape index (κ3) is 5.84. The van der Waals surface area contributed by atoms with E-state index in [0.29, 0.717) is 17.6 Å². The fourth-order valence-electron chi connectivity index (χ4n) is 1.48. The molecular weight excluding hydrogens is 238 g/mol. The molecule has 0 aromatic carbocycles. The average Bonchev–Trinajstić information content (AvgIpc) is 2.24. The summed E-state index contributed by atoms with van der Waals surface area (Å²) in [5.74, 6) is 2.10. The summed E-state index contributed by atoms with van der Waals surface area (Å²) < 4.78 is 4.98. The fourth-order valence-corrected chi connectivity index (χ4v) is 1.68. The van der Waals surface area contributed by atoms with Gasteiger partial charge in [-0.1, -0.05) is 25.4 Å². The first-order valence-corrected chi connectivity index (χ1v) is 6.26. The number of hydrogen-bond donors (Lipinski definition) is 1. The molecule has 0 spiro atoms. The van der Waals surface area contributed by atoms with Crippen molar-refractivity contribution in [3.63, 3.8) is 0 Å². The summed E-state index contributed by atoms with van der Waals surface area (Å²) >= 11 is 5.90. The van der Waals surface area contributed by atoms with Crippen LogP contribution in [-0.2, 0) is 11.3 Å². The smallest absolute Gasteiger partial charge is 0.158 e. The number of hydrogen-bond acceptors (Lipinski definition) is 4. The molecule has 0 atom stereocenters. The zero-order valence-corrected chi connectivity index (χ0v) is 11.4. The van der Waals surface area contributed by atoms with Gasteiger partial charge in [0, 0.05) is 19.7 Å². The third-order valence-corrected chi connectivity index (χ3v) is 2.47. The number of methoxy groups -OCH3 is 1. The number of ether oxygens (including phenoxy) is 1. The number of aromatic nitrogens is 2. The minimum Gasteiger partial charge on any atom is -0.377 e. The molecule has 1 aromatic rings. The summed E-state index contributed by atoms with van der Waals surface area (Å²) in [5, 5.41) is 3.69. The summed E-state index contributed by atoms with van der Waals surface area (Å²) in [6.07, 6.45) is 2.33. The number of nitrogens with one attached hydrogen (secondary N) is 1. The highest BCUT2D eigenvalue weighted by Crippen LogP contribution is 2.12. The minimum absolute atomic E-state index is 0.376. The lowest BCUT2D eigenvalue weighted by Crippen LogP contribution is -2.07. The molecule has 0 amide bonds. The van der Waals surface area contributed by atoms with Crippen LogP contribution in [0.15, 0.2) is 6.07 Å². The Kier molecular flexibility index (Phi) is 6.22. The van der Waals surface area contributed by atoms with Crippen LogP contribution in [0.3, 0.4) is 0 Å². The predicted octanol–water partition coefficient (Wildman–Crippen LogP) is 3.12. The monoisotopic (exact) mass is 257 g/mol. The van der Waals surface area contributed by atoms with E-state index in [-0.39, 0.29) is 0 Å². The Morgan fingerprint density at radius 2 is 2.18 bits per heavy atom. The zero-order valence-electron chi connectivity index (χ0n) is 10.7. The van der Waals surface area contributed by atoms with Gasteiger partial charge >= 0.3 is 0 Å². The summed E-state index contributed by atoms with van der Waals surface area (Å²) in [5.41, 5.74) is 0. The molecule has 0 aliphatic rings. The van der Waals surface area contributed by atoms with Gasteiger partial charge in [-0.15, -0.1) is 0 Å². The Morgan fingerprint density at radius 3 is 2.82 bits per heavy atom. The molecule has 4 nitrogen and oxygen atoms in total.